The fourth-order valence-electron chi connectivity index (χ4n) is 1.76. The number of ether oxygens (including phenoxy) is 1. The molecule has 0 aromatic carbocycles. The van der Waals surface area contributed by atoms with Crippen LogP contribution in [0.25, 0.3) is 0 Å². The molecule has 0 heterocycles. The summed E-state index contributed by atoms with van der Waals surface area (Å²) in [6, 6.07) is 0. The van der Waals surface area contributed by atoms with Crippen LogP contribution in [-0.2, 0) is 14.3 Å². The van der Waals surface area contributed by atoms with Crippen molar-refractivity contribution in [3.05, 3.63) is 0 Å². The van der Waals surface area contributed by atoms with Crippen molar-refractivity contribution in [2.75, 3.05) is 6.61 Å². The van der Waals surface area contributed by atoms with Crippen molar-refractivity contribution in [2.45, 2.75) is 13.3 Å². The van der Waals surface area contributed by atoms with Crippen molar-refractivity contribution in [3.63, 3.8) is 0 Å². The first-order chi connectivity index (χ1) is 5.25. The van der Waals surface area contributed by atoms with Crippen LogP contribution in [0.1, 0.15) is 13.3 Å². The lowest BCUT2D eigenvalue weighted by molar-refractivity contribution is -0.156. The Morgan fingerprint density at radius 3 is 2.91 bits per heavy atom. The Hall–Kier alpha value is -0.860. The van der Waals surface area contributed by atoms with Crippen LogP contribution in [0, 0.1) is 17.8 Å². The largest absolute Gasteiger partial charge is 0.465 e. The van der Waals surface area contributed by atoms with Gasteiger partial charge in [-0.2, -0.15) is 0 Å². The average molecular weight is 154 g/mol. The maximum absolute atomic E-state index is 11.0. The molecule has 0 saturated heterocycles. The van der Waals surface area contributed by atoms with Gasteiger partial charge < -0.3 is 4.74 Å². The highest BCUT2D eigenvalue weighted by atomic mass is 16.5. The molecule has 0 radical (unpaired) electrons. The van der Waals surface area contributed by atoms with Gasteiger partial charge in [0.05, 0.1) is 6.61 Å². The van der Waals surface area contributed by atoms with E-state index in [0.29, 0.717) is 12.5 Å². The lowest BCUT2D eigenvalue weighted by Crippen LogP contribution is -2.37. The van der Waals surface area contributed by atoms with Crippen LogP contribution in [0.3, 0.4) is 0 Å². The summed E-state index contributed by atoms with van der Waals surface area (Å²) in [6.07, 6.45) is 0.919. The maximum Gasteiger partial charge on any atom is 0.316 e. The van der Waals surface area contributed by atoms with Crippen molar-refractivity contribution in [1.82, 2.24) is 0 Å². The Morgan fingerprint density at radius 2 is 2.45 bits per heavy atom. The van der Waals surface area contributed by atoms with Crippen LogP contribution in [-0.4, -0.2) is 18.4 Å². The van der Waals surface area contributed by atoms with Crippen LogP contribution < -0.4 is 0 Å². The van der Waals surface area contributed by atoms with Crippen LogP contribution in [0.2, 0.25) is 0 Å². The minimum atomic E-state index is -0.389. The molecule has 0 aliphatic heterocycles. The number of esters is 1. The summed E-state index contributed by atoms with van der Waals surface area (Å²) in [5, 5.41) is 0. The first-order valence-electron chi connectivity index (χ1n) is 3.96. The van der Waals surface area contributed by atoms with Gasteiger partial charge in [0.25, 0.3) is 0 Å². The minimum absolute atomic E-state index is 0.105. The molecule has 2 aliphatic carbocycles. The third-order valence-corrected chi connectivity index (χ3v) is 2.48. The predicted octanol–water partition coefficient (Wildman–Crippen LogP) is 0.384. The van der Waals surface area contributed by atoms with Gasteiger partial charge in [0.15, 0.2) is 5.78 Å². The molecule has 3 unspecified atom stereocenters. The van der Waals surface area contributed by atoms with E-state index in [4.69, 9.17) is 4.74 Å². The Labute approximate surface area is 64.7 Å². The van der Waals surface area contributed by atoms with Crippen LogP contribution in [0.4, 0.5) is 0 Å². The maximum atomic E-state index is 11.0. The summed E-state index contributed by atoms with van der Waals surface area (Å²) >= 11 is 0. The predicted molar refractivity (Wildman–Crippen MR) is 36.7 cm³/mol. The van der Waals surface area contributed by atoms with E-state index in [1.807, 2.05) is 0 Å². The molecule has 2 fully saturated rings. The van der Waals surface area contributed by atoms with Gasteiger partial charge in [0.2, 0.25) is 0 Å². The zero-order valence-corrected chi connectivity index (χ0v) is 6.37. The second-order valence-electron chi connectivity index (χ2n) is 3.14. The Morgan fingerprint density at radius 1 is 1.73 bits per heavy atom. The van der Waals surface area contributed by atoms with Crippen LogP contribution >= 0.6 is 0 Å². The Balaban J connectivity index is 1.95. The second kappa shape index (κ2) is 2.06. The van der Waals surface area contributed by atoms with E-state index < -0.39 is 0 Å². The molecule has 2 rings (SSSR count). The molecule has 0 spiro atoms. The zero-order valence-electron chi connectivity index (χ0n) is 6.37. The molecule has 60 valence electrons. The molecular formula is C8H10O3. The first kappa shape index (κ1) is 6.83. The number of carbonyl (C=O) groups excluding carboxylic acids is 2. The number of ketones is 1. The number of Topliss-reactive ketones (excluding diaryl/α,β-unsaturated/α-hetero) is 1. The molecule has 3 nitrogen and oxygen atoms in total. The molecular weight excluding hydrogens is 144 g/mol. The first-order valence-corrected chi connectivity index (χ1v) is 3.96. The van der Waals surface area contributed by atoms with E-state index in [9.17, 15) is 9.59 Å². The second-order valence-corrected chi connectivity index (χ2v) is 3.14. The molecule has 0 amide bonds. The molecule has 3 heteroatoms. The smallest absolute Gasteiger partial charge is 0.316 e. The van der Waals surface area contributed by atoms with E-state index in [1.165, 1.54) is 0 Å². The summed E-state index contributed by atoms with van der Waals surface area (Å²) < 4.78 is 4.75. The molecule has 0 N–H and O–H groups in total. The van der Waals surface area contributed by atoms with Gasteiger partial charge in [-0.05, 0) is 19.3 Å². The minimum Gasteiger partial charge on any atom is -0.465 e. The number of hydrogen-bond acceptors (Lipinski definition) is 3. The normalized spacial score (nSPS) is 39.0. The van der Waals surface area contributed by atoms with E-state index in [1.54, 1.807) is 6.92 Å². The van der Waals surface area contributed by atoms with Crippen molar-refractivity contribution >= 4 is 11.8 Å². The lowest BCUT2D eigenvalue weighted by Gasteiger charge is -2.20. The van der Waals surface area contributed by atoms with Gasteiger partial charge in [-0.1, -0.05) is 0 Å². The van der Waals surface area contributed by atoms with Crippen LogP contribution in [0.15, 0.2) is 0 Å². The molecule has 2 aliphatic rings. The van der Waals surface area contributed by atoms with E-state index in [-0.39, 0.29) is 23.6 Å². The third kappa shape index (κ3) is 0.800. The summed E-state index contributed by atoms with van der Waals surface area (Å²) in [6.45, 7) is 2.13. The van der Waals surface area contributed by atoms with E-state index >= 15 is 0 Å². The highest BCUT2D eigenvalue weighted by molar-refractivity contribution is 6.08. The quantitative estimate of drug-likeness (QED) is 0.426. The van der Waals surface area contributed by atoms with E-state index in [0.717, 1.165) is 6.42 Å². The van der Waals surface area contributed by atoms with Crippen molar-refractivity contribution < 1.29 is 14.3 Å². The number of hydrogen-bond donors (Lipinski definition) is 0. The summed E-state index contributed by atoms with van der Waals surface area (Å²) in [5.74, 6) is -0.0180. The molecule has 11 heavy (non-hydrogen) atoms. The SMILES string of the molecule is CCOC(=O)C1C(=O)C2CC21. The topological polar surface area (TPSA) is 43.4 Å². The van der Waals surface area contributed by atoms with Gasteiger partial charge in [0.1, 0.15) is 5.92 Å². The molecule has 2 saturated carbocycles. The van der Waals surface area contributed by atoms with Crippen molar-refractivity contribution in [2.24, 2.45) is 17.8 Å². The molecule has 0 aromatic heterocycles. The number of rotatable bonds is 2. The van der Waals surface area contributed by atoms with Gasteiger partial charge in [-0.25, -0.2) is 0 Å². The fourth-order valence-corrected chi connectivity index (χ4v) is 1.76. The van der Waals surface area contributed by atoms with Gasteiger partial charge in [-0.15, -0.1) is 0 Å². The number of fused-ring (bicyclic) bond motifs is 1. The molecule has 0 bridgehead atoms. The fraction of sp³-hybridized carbons (Fsp3) is 0.750. The Bertz CT molecular complexity index is 221. The van der Waals surface area contributed by atoms with Gasteiger partial charge in [-0.3, -0.25) is 9.59 Å². The standard InChI is InChI=1S/C8H10O3/c1-2-11-8(10)6-4-3-5(4)7(6)9/h4-6H,2-3H2,1H3. The summed E-state index contributed by atoms with van der Waals surface area (Å²) in [4.78, 5) is 22.0. The summed E-state index contributed by atoms with van der Waals surface area (Å²) in [5.41, 5.74) is 0. The van der Waals surface area contributed by atoms with E-state index in [2.05, 4.69) is 0 Å². The monoisotopic (exact) mass is 154 g/mol. The van der Waals surface area contributed by atoms with Crippen molar-refractivity contribution in [3.8, 4) is 0 Å². The highest BCUT2D eigenvalue weighted by Gasteiger charge is 2.64. The number of carbonyl (C=O) groups is 2. The van der Waals surface area contributed by atoms with Crippen molar-refractivity contribution in [1.29, 1.82) is 0 Å². The highest BCUT2D eigenvalue weighted by Crippen LogP contribution is 2.57. The molecule has 3 atom stereocenters. The average Bonchev–Trinajstić information content (AvgIpc) is 2.64. The zero-order chi connectivity index (χ0) is 8.01. The Kier molecular flexibility index (Phi) is 1.28. The summed E-state index contributed by atoms with van der Waals surface area (Å²) in [7, 11) is 0. The van der Waals surface area contributed by atoms with Crippen LogP contribution in [0.5, 0.6) is 0 Å². The third-order valence-electron chi connectivity index (χ3n) is 2.48. The van der Waals surface area contributed by atoms with Gasteiger partial charge >= 0.3 is 5.97 Å². The van der Waals surface area contributed by atoms with Gasteiger partial charge in [0, 0.05) is 5.92 Å². The molecule has 0 aromatic rings. The lowest BCUT2D eigenvalue weighted by atomic mass is 9.84.